The van der Waals surface area contributed by atoms with Crippen molar-refractivity contribution in [3.63, 3.8) is 0 Å². The molecule has 0 saturated carbocycles. The summed E-state index contributed by atoms with van der Waals surface area (Å²) in [6.07, 6.45) is -6.53. The molecule has 0 amide bonds. The van der Waals surface area contributed by atoms with Gasteiger partial charge >= 0.3 is 6.18 Å². The second-order valence-electron chi connectivity index (χ2n) is 3.80. The molecule has 1 aliphatic rings. The van der Waals surface area contributed by atoms with Crippen molar-refractivity contribution >= 4 is 11.8 Å². The van der Waals surface area contributed by atoms with Crippen molar-refractivity contribution < 1.29 is 26.7 Å². The van der Waals surface area contributed by atoms with Crippen LogP contribution in [-0.4, -0.2) is 23.7 Å². The molecule has 1 aromatic carbocycles. The number of alkyl halides is 5. The summed E-state index contributed by atoms with van der Waals surface area (Å²) in [5, 5.41) is 0.420. The third-order valence-electron chi connectivity index (χ3n) is 2.14. The largest absolute Gasteiger partial charge is 0.416 e. The van der Waals surface area contributed by atoms with Gasteiger partial charge in [-0.1, -0.05) is 30.3 Å². The van der Waals surface area contributed by atoms with Gasteiger partial charge in [-0.05, 0) is 6.92 Å². The molecule has 19 heavy (non-hydrogen) atoms. The number of hydrogen-bond donors (Lipinski definition) is 0. The molecule has 1 heterocycles. The van der Waals surface area contributed by atoms with Crippen molar-refractivity contribution in [1.82, 2.24) is 0 Å². The van der Waals surface area contributed by atoms with Gasteiger partial charge in [0.05, 0.1) is 5.56 Å². The molecule has 0 bridgehead atoms. The normalized spacial score (nSPS) is 21.8. The molecule has 2 atom stereocenters. The third-order valence-corrected chi connectivity index (χ3v) is 3.32. The molecule has 7 heteroatoms. The monoisotopic (exact) mass is 300 g/mol. The predicted molar refractivity (Wildman–Crippen MR) is 64.2 cm³/mol. The highest BCUT2D eigenvalue weighted by Gasteiger charge is 2.35. The van der Waals surface area contributed by atoms with E-state index in [9.17, 15) is 22.0 Å². The lowest BCUT2D eigenvalue weighted by atomic mass is 10.2. The molecule has 0 aromatic heterocycles. The Morgan fingerprint density at radius 2 is 1.74 bits per heavy atom. The highest BCUT2D eigenvalue weighted by molar-refractivity contribution is 8.07. The summed E-state index contributed by atoms with van der Waals surface area (Å²) < 4.78 is 62.9. The fourth-order valence-corrected chi connectivity index (χ4v) is 1.70. The number of thioether (sulfide) groups is 1. The minimum Gasteiger partial charge on any atom is -0.361 e. The van der Waals surface area contributed by atoms with E-state index in [1.54, 1.807) is 17.8 Å². The Kier molecular flexibility index (Phi) is 6.06. The summed E-state index contributed by atoms with van der Waals surface area (Å²) in [5.41, 5.74) is -0.561. The van der Waals surface area contributed by atoms with Crippen molar-refractivity contribution in [1.29, 1.82) is 0 Å². The summed E-state index contributed by atoms with van der Waals surface area (Å²) >= 11 is 1.58. The van der Waals surface area contributed by atoms with E-state index in [1.807, 2.05) is 6.92 Å². The number of hydrogen-bond acceptors (Lipinski definition) is 2. The quantitative estimate of drug-likeness (QED) is 0.603. The summed E-state index contributed by atoms with van der Waals surface area (Å²) in [4.78, 5) is 0. The lowest BCUT2D eigenvalue weighted by Gasteiger charge is -2.03. The van der Waals surface area contributed by atoms with Crippen molar-refractivity contribution in [2.24, 2.45) is 0 Å². The van der Waals surface area contributed by atoms with Gasteiger partial charge in [-0.2, -0.15) is 13.2 Å². The zero-order valence-corrected chi connectivity index (χ0v) is 10.8. The van der Waals surface area contributed by atoms with Crippen LogP contribution in [0.25, 0.3) is 0 Å². The zero-order valence-electron chi connectivity index (χ0n) is 10.0. The maximum absolute atomic E-state index is 11.8. The number of halogens is 5. The van der Waals surface area contributed by atoms with Crippen molar-refractivity contribution in [3.8, 4) is 0 Å². The second-order valence-corrected chi connectivity index (χ2v) is 5.28. The van der Waals surface area contributed by atoms with E-state index >= 15 is 0 Å². The van der Waals surface area contributed by atoms with Gasteiger partial charge in [0.15, 0.2) is 0 Å². The second kappa shape index (κ2) is 7.09. The average molecular weight is 300 g/mol. The Morgan fingerprint density at radius 1 is 1.21 bits per heavy atom. The Morgan fingerprint density at radius 3 is 2.05 bits per heavy atom. The van der Waals surface area contributed by atoms with Gasteiger partial charge in [0, 0.05) is 5.25 Å². The molecule has 1 fully saturated rings. The first-order chi connectivity index (χ1) is 8.80. The molecule has 0 radical (unpaired) electrons. The molecule has 108 valence electrons. The SMILES string of the molecule is CC1SC1OCC(F)F.FC(F)(F)c1ccccc1. The van der Waals surface area contributed by atoms with Crippen molar-refractivity contribution in [2.45, 2.75) is 30.2 Å². The average Bonchev–Trinajstić information content (AvgIpc) is 3.04. The van der Waals surface area contributed by atoms with Gasteiger partial charge in [-0.3, -0.25) is 0 Å². The van der Waals surface area contributed by atoms with Gasteiger partial charge < -0.3 is 4.74 Å². The molecule has 2 rings (SSSR count). The van der Waals surface area contributed by atoms with E-state index < -0.39 is 24.8 Å². The molecule has 1 aliphatic heterocycles. The third kappa shape index (κ3) is 6.77. The summed E-state index contributed by atoms with van der Waals surface area (Å²) in [6, 6.07) is 6.36. The predicted octanol–water partition coefficient (Wildman–Crippen LogP) is 4.43. The molecule has 1 nitrogen and oxygen atoms in total. The lowest BCUT2D eigenvalue weighted by Crippen LogP contribution is -2.06. The van der Waals surface area contributed by atoms with Crippen molar-refractivity contribution in [2.75, 3.05) is 6.61 Å². The first kappa shape index (κ1) is 16.2. The van der Waals surface area contributed by atoms with Gasteiger partial charge in [0.25, 0.3) is 6.43 Å². The van der Waals surface area contributed by atoms with Crippen LogP contribution in [0, 0.1) is 0 Å². The van der Waals surface area contributed by atoms with E-state index in [0.717, 1.165) is 12.1 Å². The van der Waals surface area contributed by atoms with Crippen LogP contribution >= 0.6 is 11.8 Å². The topological polar surface area (TPSA) is 9.23 Å². The van der Waals surface area contributed by atoms with E-state index in [4.69, 9.17) is 4.74 Å². The van der Waals surface area contributed by atoms with Crippen LogP contribution in [0.3, 0.4) is 0 Å². The minimum absolute atomic E-state index is 0.0407. The van der Waals surface area contributed by atoms with E-state index in [1.165, 1.54) is 12.1 Å². The fraction of sp³-hybridized carbons (Fsp3) is 0.500. The van der Waals surface area contributed by atoms with Crippen LogP contribution < -0.4 is 0 Å². The smallest absolute Gasteiger partial charge is 0.361 e. The van der Waals surface area contributed by atoms with E-state index in [2.05, 4.69) is 0 Å². The molecule has 2 unspecified atom stereocenters. The summed E-state index contributed by atoms with van der Waals surface area (Å²) in [5.74, 6) is 0. The maximum Gasteiger partial charge on any atom is 0.416 e. The minimum atomic E-state index is -4.21. The highest BCUT2D eigenvalue weighted by Crippen LogP contribution is 2.41. The molecule has 0 spiro atoms. The van der Waals surface area contributed by atoms with Crippen molar-refractivity contribution in [3.05, 3.63) is 35.9 Å². The van der Waals surface area contributed by atoms with Crippen LogP contribution in [0.4, 0.5) is 22.0 Å². The first-order valence-corrected chi connectivity index (χ1v) is 6.42. The maximum atomic E-state index is 11.8. The zero-order chi connectivity index (χ0) is 14.5. The van der Waals surface area contributed by atoms with Gasteiger partial charge in [-0.25, -0.2) is 8.78 Å². The van der Waals surface area contributed by atoms with Gasteiger partial charge in [0.1, 0.15) is 12.0 Å². The van der Waals surface area contributed by atoms with Gasteiger partial charge in [-0.15, -0.1) is 11.8 Å². The molecular weight excluding hydrogens is 287 g/mol. The molecule has 0 N–H and O–H groups in total. The molecular formula is C12H13F5OS. The Hall–Kier alpha value is -0.820. The Bertz CT molecular complexity index is 368. The standard InChI is InChI=1S/C7H5F3.C5H8F2OS/c8-7(9,10)6-4-2-1-3-5-6;1-3-5(9-3)8-2-4(6)7/h1-5H;3-5H,2H2,1H3. The van der Waals surface area contributed by atoms with Gasteiger partial charge in [0.2, 0.25) is 0 Å². The molecule has 1 saturated heterocycles. The number of benzene rings is 1. The van der Waals surface area contributed by atoms with Crippen LogP contribution in [-0.2, 0) is 10.9 Å². The number of rotatable bonds is 3. The highest BCUT2D eigenvalue weighted by atomic mass is 32.2. The lowest BCUT2D eigenvalue weighted by molar-refractivity contribution is -0.137. The number of ether oxygens (including phenoxy) is 1. The molecule has 1 aromatic rings. The van der Waals surface area contributed by atoms with Crippen LogP contribution in [0.2, 0.25) is 0 Å². The Labute approximate surface area is 112 Å². The van der Waals surface area contributed by atoms with Crippen LogP contribution in [0.5, 0.6) is 0 Å². The van der Waals surface area contributed by atoms with Crippen LogP contribution in [0.1, 0.15) is 12.5 Å². The first-order valence-electron chi connectivity index (χ1n) is 5.48. The van der Waals surface area contributed by atoms with E-state index in [0.29, 0.717) is 5.25 Å². The Balaban J connectivity index is 0.000000191. The summed E-state index contributed by atoms with van der Waals surface area (Å²) in [7, 11) is 0. The molecule has 0 aliphatic carbocycles. The van der Waals surface area contributed by atoms with E-state index in [-0.39, 0.29) is 5.44 Å². The van der Waals surface area contributed by atoms with Crippen LogP contribution in [0.15, 0.2) is 30.3 Å². The summed E-state index contributed by atoms with van der Waals surface area (Å²) in [6.45, 7) is 1.54. The fourth-order valence-electron chi connectivity index (χ4n) is 1.14.